The minimum absolute atomic E-state index is 0.209. The molecule has 0 bridgehead atoms. The summed E-state index contributed by atoms with van der Waals surface area (Å²) in [6.45, 7) is 5.77. The van der Waals surface area contributed by atoms with Crippen molar-refractivity contribution in [2.45, 2.75) is 97.6 Å². The van der Waals surface area contributed by atoms with Gasteiger partial charge in [0.25, 0.3) is 0 Å². The van der Waals surface area contributed by atoms with Gasteiger partial charge >= 0.3 is 12.8 Å². The Kier molecular flexibility index (Phi) is 21.4. The molecule has 1 amide bonds. The third-order valence-electron chi connectivity index (χ3n) is 6.64. The summed E-state index contributed by atoms with van der Waals surface area (Å²) in [5.74, 6) is 0. The number of nitrogens with two attached hydrogens (primary N) is 1. The number of hydrogen-bond donors (Lipinski definition) is 6. The van der Waals surface area contributed by atoms with Gasteiger partial charge in [-0.25, -0.2) is 7.65 Å². The fourth-order valence-electron chi connectivity index (χ4n) is 4.53. The van der Waals surface area contributed by atoms with Crippen LogP contribution in [-0.4, -0.2) is 54.8 Å². The van der Waals surface area contributed by atoms with E-state index in [9.17, 15) is 9.69 Å². The normalized spacial score (nSPS) is 18.3. The molecule has 2 rings (SSSR count). The van der Waals surface area contributed by atoms with Crippen LogP contribution in [0.2, 0.25) is 0 Å². The maximum Gasteiger partial charge on any atom is 0.407 e. The molecule has 1 aromatic carbocycles. The summed E-state index contributed by atoms with van der Waals surface area (Å²) in [5, 5.41) is 23.4. The van der Waals surface area contributed by atoms with Gasteiger partial charge in [-0.1, -0.05) is 57.4 Å². The first-order chi connectivity index (χ1) is 20.6. The molecule has 1 aliphatic carbocycles. The maximum absolute atomic E-state index is 12.0. The number of alkyl carbamates (subject to hydrolysis) is 1. The van der Waals surface area contributed by atoms with Gasteiger partial charge in [-0.15, -0.1) is 0 Å². The molecule has 0 saturated heterocycles. The number of rotatable bonds is 17. The van der Waals surface area contributed by atoms with Gasteiger partial charge in [0.05, 0.1) is 12.3 Å². The monoisotopic (exact) mass is 751 g/mol. The Hall–Kier alpha value is -1.25. The van der Waals surface area contributed by atoms with E-state index in [1.54, 1.807) is 29.9 Å². The first kappa shape index (κ1) is 39.8. The van der Waals surface area contributed by atoms with E-state index in [-0.39, 0.29) is 6.10 Å². The third-order valence-corrected chi connectivity index (χ3v) is 10.3. The molecule has 2 unspecified atom stereocenters. The second-order valence-electron chi connectivity index (χ2n) is 10.5. The quantitative estimate of drug-likeness (QED) is 0.0426. The van der Waals surface area contributed by atoms with Gasteiger partial charge < -0.3 is 35.9 Å². The van der Waals surface area contributed by atoms with Crippen molar-refractivity contribution in [1.29, 1.82) is 10.8 Å². The highest BCUT2D eigenvalue weighted by Crippen LogP contribution is 2.46. The Labute approximate surface area is 277 Å². The standard InChI is InChI=1S/C27H43IN5O5PS.C3H8/c1-20(30)24-14-13-23(37-27(34)33-17-15-29)7-6-8-25(24)26(31)22-11-9-21(10-12-22)19-32-16-4-2-3-5-18-36-39(35,40)38-28;1-3-2/h9-12,23,30-32H,2-8,13-19,29H2,1H3,(H,33,34)(H,35,40);3H2,1-2H3/b25-24-,30-20?,31-26?;. The Morgan fingerprint density at radius 1 is 1.09 bits per heavy atom. The molecule has 0 fully saturated rings. The van der Waals surface area contributed by atoms with Gasteiger partial charge in [-0.2, -0.15) is 0 Å². The zero-order valence-corrected chi connectivity index (χ0v) is 29.8. The van der Waals surface area contributed by atoms with Crippen molar-refractivity contribution in [1.82, 2.24) is 10.6 Å². The smallest absolute Gasteiger partial charge is 0.407 e. The molecule has 2 atom stereocenters. The predicted octanol–water partition coefficient (Wildman–Crippen LogP) is 7.07. The molecular weight excluding hydrogens is 700 g/mol. The first-order valence-electron chi connectivity index (χ1n) is 15.2. The van der Waals surface area contributed by atoms with Gasteiger partial charge in [0, 0.05) is 25.3 Å². The highest BCUT2D eigenvalue weighted by atomic mass is 127. The van der Waals surface area contributed by atoms with E-state index in [1.165, 1.54) is 6.42 Å². The molecule has 7 N–H and O–H groups in total. The Bertz CT molecular complexity index is 1070. The molecule has 0 saturated carbocycles. The predicted molar refractivity (Wildman–Crippen MR) is 188 cm³/mol. The molecule has 1 aliphatic rings. The number of carbonyl (C=O) groups excluding carboxylic acids is 1. The largest absolute Gasteiger partial charge is 0.446 e. The third kappa shape index (κ3) is 17.1. The molecule has 13 heteroatoms. The Morgan fingerprint density at radius 2 is 1.77 bits per heavy atom. The van der Waals surface area contributed by atoms with Gasteiger partial charge in [0.1, 0.15) is 29.1 Å². The lowest BCUT2D eigenvalue weighted by molar-refractivity contribution is 0.0862. The van der Waals surface area contributed by atoms with E-state index in [0.717, 1.165) is 73.9 Å². The lowest BCUT2D eigenvalue weighted by atomic mass is 9.85. The number of unbranched alkanes of at least 4 members (excludes halogenated alkanes) is 3. The molecule has 244 valence electrons. The van der Waals surface area contributed by atoms with Crippen LogP contribution in [0, 0.1) is 10.8 Å². The lowest BCUT2D eigenvalue weighted by Crippen LogP contribution is -2.33. The molecule has 0 heterocycles. The number of benzene rings is 1. The van der Waals surface area contributed by atoms with Gasteiger partial charge in [0.15, 0.2) is 0 Å². The van der Waals surface area contributed by atoms with Crippen molar-refractivity contribution >= 4 is 59.0 Å². The van der Waals surface area contributed by atoms with Crippen LogP contribution < -0.4 is 16.4 Å². The summed E-state index contributed by atoms with van der Waals surface area (Å²) in [4.78, 5) is 21.5. The lowest BCUT2D eigenvalue weighted by Gasteiger charge is -2.24. The number of nitrogens with one attached hydrogen (secondary N) is 4. The van der Waals surface area contributed by atoms with Crippen molar-refractivity contribution in [3.8, 4) is 0 Å². The highest BCUT2D eigenvalue weighted by Gasteiger charge is 2.23. The average Bonchev–Trinajstić information content (AvgIpc) is 2.96. The molecule has 0 aliphatic heterocycles. The molecule has 0 aromatic heterocycles. The van der Waals surface area contributed by atoms with Crippen LogP contribution in [0.3, 0.4) is 0 Å². The van der Waals surface area contributed by atoms with E-state index in [0.29, 0.717) is 50.4 Å². The first-order valence-corrected chi connectivity index (χ1v) is 18.6. The van der Waals surface area contributed by atoms with Gasteiger partial charge in [0.2, 0.25) is 0 Å². The Morgan fingerprint density at radius 3 is 2.40 bits per heavy atom. The summed E-state index contributed by atoms with van der Waals surface area (Å²) in [5.41, 5.74) is 10.1. The van der Waals surface area contributed by atoms with Crippen LogP contribution in [0.4, 0.5) is 4.79 Å². The van der Waals surface area contributed by atoms with Crippen LogP contribution in [0.1, 0.15) is 96.1 Å². The van der Waals surface area contributed by atoms with Crippen molar-refractivity contribution < 1.29 is 21.8 Å². The number of halogens is 1. The molecule has 1 aromatic rings. The number of hydrogen-bond acceptors (Lipinski definition) is 9. The fraction of sp³-hybridized carbons (Fsp3) is 0.633. The summed E-state index contributed by atoms with van der Waals surface area (Å²) in [6, 6.07) is 8.07. The van der Waals surface area contributed by atoms with Gasteiger partial charge in [-0.05, 0) is 92.5 Å². The van der Waals surface area contributed by atoms with E-state index in [2.05, 4.69) is 24.5 Å². The zero-order chi connectivity index (χ0) is 32.1. The van der Waals surface area contributed by atoms with Crippen molar-refractivity contribution in [3.05, 3.63) is 46.5 Å². The minimum atomic E-state index is -3.05. The van der Waals surface area contributed by atoms with Crippen LogP contribution >= 0.6 is 29.7 Å². The van der Waals surface area contributed by atoms with Crippen molar-refractivity contribution in [3.63, 3.8) is 0 Å². The number of amides is 1. The fourth-order valence-corrected chi connectivity index (χ4v) is 5.50. The minimum Gasteiger partial charge on any atom is -0.446 e. The van der Waals surface area contributed by atoms with Crippen LogP contribution in [0.15, 0.2) is 35.4 Å². The zero-order valence-electron chi connectivity index (χ0n) is 25.9. The summed E-state index contributed by atoms with van der Waals surface area (Å²) in [7, 11) is 0. The number of carbonyl (C=O) groups is 1. The second-order valence-corrected chi connectivity index (χ2v) is 14.4. The molecule has 10 nitrogen and oxygen atoms in total. The summed E-state index contributed by atoms with van der Waals surface area (Å²) >= 11 is 6.37. The second kappa shape index (κ2) is 23.1. The number of ether oxygens (including phenoxy) is 1. The maximum atomic E-state index is 12.0. The average molecular weight is 752 g/mol. The highest BCUT2D eigenvalue weighted by molar-refractivity contribution is 14.1. The van der Waals surface area contributed by atoms with Crippen LogP contribution in [0.25, 0.3) is 0 Å². The molecule has 43 heavy (non-hydrogen) atoms. The van der Waals surface area contributed by atoms with Crippen LogP contribution in [0.5, 0.6) is 0 Å². The van der Waals surface area contributed by atoms with Crippen molar-refractivity contribution in [2.24, 2.45) is 5.73 Å². The Balaban J connectivity index is 0.00000295. The van der Waals surface area contributed by atoms with E-state index >= 15 is 0 Å². The molecular formula is C30H51IN5O5PS. The van der Waals surface area contributed by atoms with Crippen LogP contribution in [-0.2, 0) is 30.5 Å². The summed E-state index contributed by atoms with van der Waals surface area (Å²) in [6.07, 6.45) is 7.93. The van der Waals surface area contributed by atoms with Crippen molar-refractivity contribution in [2.75, 3.05) is 26.2 Å². The summed E-state index contributed by atoms with van der Waals surface area (Å²) < 4.78 is 15.4. The van der Waals surface area contributed by atoms with E-state index in [4.69, 9.17) is 40.5 Å². The van der Waals surface area contributed by atoms with E-state index < -0.39 is 12.8 Å². The van der Waals surface area contributed by atoms with E-state index in [1.807, 2.05) is 24.3 Å². The number of allylic oxidation sites excluding steroid dienone is 2. The van der Waals surface area contributed by atoms with Gasteiger partial charge in [-0.3, -0.25) is 5.41 Å². The topological polar surface area (TPSA) is 163 Å². The SMILES string of the molecule is CC(=N)/C1=C(\C(=N)c2ccc(CNCCCCCCOP(O)(=S)OI)cc2)CCCC(OC(=O)NCCN)CC1.CCC. The molecule has 0 radical (unpaired) electrons. The molecule has 0 spiro atoms.